The molecule has 1 unspecified atom stereocenters. The van der Waals surface area contributed by atoms with Crippen LogP contribution in [0.25, 0.3) is 0 Å². The Morgan fingerprint density at radius 2 is 1.94 bits per heavy atom. The molecule has 4 nitrogen and oxygen atoms in total. The second-order valence-corrected chi connectivity index (χ2v) is 6.13. The number of carbonyl (C=O) groups is 1. The third-order valence-corrected chi connectivity index (χ3v) is 3.44. The Hall–Kier alpha value is -0.610. The smallest absolute Gasteiger partial charge is 0.220 e. The van der Waals surface area contributed by atoms with Crippen LogP contribution < -0.4 is 11.1 Å². The molecular weight excluding hydrogens is 228 g/mol. The Morgan fingerprint density at radius 3 is 2.39 bits per heavy atom. The minimum Gasteiger partial charge on any atom is -0.396 e. The van der Waals surface area contributed by atoms with E-state index in [2.05, 4.69) is 33.0 Å². The fourth-order valence-corrected chi connectivity index (χ4v) is 1.96. The molecule has 0 spiro atoms. The Bertz CT molecular complexity index is 240. The van der Waals surface area contributed by atoms with E-state index in [4.69, 9.17) is 10.8 Å². The number of rotatable bonds is 9. The zero-order valence-electron chi connectivity index (χ0n) is 12.3. The first kappa shape index (κ1) is 17.4. The molecule has 0 bridgehead atoms. The third-order valence-electron chi connectivity index (χ3n) is 3.44. The predicted octanol–water partition coefficient (Wildman–Crippen LogP) is 1.66. The molecule has 0 saturated heterocycles. The van der Waals surface area contributed by atoms with E-state index >= 15 is 0 Å². The van der Waals surface area contributed by atoms with Crippen molar-refractivity contribution >= 4 is 5.91 Å². The number of aliphatic hydroxyl groups is 1. The Morgan fingerprint density at radius 1 is 1.33 bits per heavy atom. The summed E-state index contributed by atoms with van der Waals surface area (Å²) in [5.74, 6) is 0.422. The second-order valence-electron chi connectivity index (χ2n) is 6.13. The van der Waals surface area contributed by atoms with Crippen molar-refractivity contribution in [2.24, 2.45) is 17.1 Å². The zero-order chi connectivity index (χ0) is 14.2. The molecule has 0 aromatic heterocycles. The maximum Gasteiger partial charge on any atom is 0.220 e. The van der Waals surface area contributed by atoms with Gasteiger partial charge in [-0.15, -0.1) is 0 Å². The standard InChI is InChI=1S/C14H30N2O2/c1-11(2)12(6-10-17)16-13(18)5-7-14(3,4)8-9-15/h11-12,17H,5-10,15H2,1-4H3,(H,16,18). The Labute approximate surface area is 111 Å². The van der Waals surface area contributed by atoms with Crippen LogP contribution in [0, 0.1) is 11.3 Å². The highest BCUT2D eigenvalue weighted by Gasteiger charge is 2.20. The van der Waals surface area contributed by atoms with Crippen molar-refractivity contribution < 1.29 is 9.90 Å². The van der Waals surface area contributed by atoms with Gasteiger partial charge in [0.1, 0.15) is 0 Å². The molecule has 0 saturated carbocycles. The summed E-state index contributed by atoms with van der Waals surface area (Å²) in [4.78, 5) is 11.9. The lowest BCUT2D eigenvalue weighted by atomic mass is 9.84. The molecule has 0 aliphatic rings. The molecule has 0 aliphatic carbocycles. The third kappa shape index (κ3) is 7.67. The van der Waals surface area contributed by atoms with Crippen LogP contribution in [-0.2, 0) is 4.79 Å². The van der Waals surface area contributed by atoms with Crippen LogP contribution in [-0.4, -0.2) is 30.2 Å². The van der Waals surface area contributed by atoms with E-state index in [9.17, 15) is 4.79 Å². The molecule has 18 heavy (non-hydrogen) atoms. The minimum atomic E-state index is 0.0696. The summed E-state index contributed by atoms with van der Waals surface area (Å²) in [5.41, 5.74) is 5.67. The molecule has 0 radical (unpaired) electrons. The van der Waals surface area contributed by atoms with Crippen LogP contribution in [0.3, 0.4) is 0 Å². The quantitative estimate of drug-likeness (QED) is 0.589. The number of nitrogens with one attached hydrogen (secondary N) is 1. The summed E-state index contributed by atoms with van der Waals surface area (Å²) in [5, 5.41) is 12.0. The lowest BCUT2D eigenvalue weighted by molar-refractivity contribution is -0.122. The lowest BCUT2D eigenvalue weighted by Crippen LogP contribution is -2.39. The molecule has 1 amide bonds. The SMILES string of the molecule is CC(C)C(CCO)NC(=O)CCC(C)(C)CCN. The first-order valence-electron chi connectivity index (χ1n) is 6.92. The van der Waals surface area contributed by atoms with Crippen LogP contribution in [0.15, 0.2) is 0 Å². The number of amides is 1. The number of hydrogen-bond donors (Lipinski definition) is 3. The average Bonchev–Trinajstić information content (AvgIpc) is 2.26. The van der Waals surface area contributed by atoms with Crippen LogP contribution in [0.4, 0.5) is 0 Å². The van der Waals surface area contributed by atoms with Gasteiger partial charge in [0.05, 0.1) is 0 Å². The van der Waals surface area contributed by atoms with E-state index in [0.29, 0.717) is 25.3 Å². The van der Waals surface area contributed by atoms with Gasteiger partial charge in [-0.3, -0.25) is 4.79 Å². The van der Waals surface area contributed by atoms with E-state index in [0.717, 1.165) is 12.8 Å². The largest absolute Gasteiger partial charge is 0.396 e. The Balaban J connectivity index is 4.09. The van der Waals surface area contributed by atoms with Crippen LogP contribution >= 0.6 is 0 Å². The van der Waals surface area contributed by atoms with E-state index in [1.165, 1.54) is 0 Å². The molecule has 1 atom stereocenters. The molecule has 0 rings (SSSR count). The van der Waals surface area contributed by atoms with Crippen molar-refractivity contribution in [3.63, 3.8) is 0 Å². The fraction of sp³-hybridized carbons (Fsp3) is 0.929. The summed E-state index contributed by atoms with van der Waals surface area (Å²) in [6.45, 7) is 9.16. The van der Waals surface area contributed by atoms with E-state index < -0.39 is 0 Å². The summed E-state index contributed by atoms with van der Waals surface area (Å²) >= 11 is 0. The molecule has 0 aromatic rings. The summed E-state index contributed by atoms with van der Waals surface area (Å²) < 4.78 is 0. The molecular formula is C14H30N2O2. The fourth-order valence-electron chi connectivity index (χ4n) is 1.96. The van der Waals surface area contributed by atoms with Gasteiger partial charge in [0, 0.05) is 19.1 Å². The normalized spacial score (nSPS) is 13.7. The summed E-state index contributed by atoms with van der Waals surface area (Å²) in [6, 6.07) is 0.0696. The first-order valence-corrected chi connectivity index (χ1v) is 6.92. The molecule has 0 aliphatic heterocycles. The molecule has 0 heterocycles. The average molecular weight is 258 g/mol. The number of nitrogens with two attached hydrogens (primary N) is 1. The molecule has 108 valence electrons. The molecule has 0 aromatic carbocycles. The van der Waals surface area contributed by atoms with Crippen LogP contribution in [0.5, 0.6) is 0 Å². The van der Waals surface area contributed by atoms with Gasteiger partial charge in [-0.1, -0.05) is 27.7 Å². The van der Waals surface area contributed by atoms with E-state index in [-0.39, 0.29) is 24.0 Å². The van der Waals surface area contributed by atoms with Crippen molar-refractivity contribution in [2.45, 2.75) is 59.4 Å². The van der Waals surface area contributed by atoms with Crippen molar-refractivity contribution in [1.82, 2.24) is 5.32 Å². The topological polar surface area (TPSA) is 75.3 Å². The van der Waals surface area contributed by atoms with Gasteiger partial charge in [-0.2, -0.15) is 0 Å². The van der Waals surface area contributed by atoms with Gasteiger partial charge in [-0.25, -0.2) is 0 Å². The number of aliphatic hydroxyl groups excluding tert-OH is 1. The van der Waals surface area contributed by atoms with Gasteiger partial charge in [0.15, 0.2) is 0 Å². The van der Waals surface area contributed by atoms with Crippen molar-refractivity contribution in [3.05, 3.63) is 0 Å². The highest BCUT2D eigenvalue weighted by atomic mass is 16.3. The second kappa shape index (κ2) is 8.48. The molecule has 4 heteroatoms. The zero-order valence-corrected chi connectivity index (χ0v) is 12.3. The minimum absolute atomic E-state index is 0.0696. The van der Waals surface area contributed by atoms with Crippen molar-refractivity contribution in [1.29, 1.82) is 0 Å². The van der Waals surface area contributed by atoms with E-state index in [1.54, 1.807) is 0 Å². The van der Waals surface area contributed by atoms with Gasteiger partial charge in [-0.05, 0) is 37.1 Å². The van der Waals surface area contributed by atoms with Gasteiger partial charge < -0.3 is 16.2 Å². The van der Waals surface area contributed by atoms with Gasteiger partial charge in [0.2, 0.25) is 5.91 Å². The Kier molecular flexibility index (Phi) is 8.20. The molecule has 0 fully saturated rings. The maximum absolute atomic E-state index is 11.9. The highest BCUT2D eigenvalue weighted by Crippen LogP contribution is 2.25. The van der Waals surface area contributed by atoms with Gasteiger partial charge in [0.25, 0.3) is 0 Å². The van der Waals surface area contributed by atoms with Crippen molar-refractivity contribution in [3.8, 4) is 0 Å². The monoisotopic (exact) mass is 258 g/mol. The van der Waals surface area contributed by atoms with Gasteiger partial charge >= 0.3 is 0 Å². The number of carbonyl (C=O) groups excluding carboxylic acids is 1. The lowest BCUT2D eigenvalue weighted by Gasteiger charge is -2.25. The van der Waals surface area contributed by atoms with Crippen LogP contribution in [0.2, 0.25) is 0 Å². The summed E-state index contributed by atoms with van der Waals surface area (Å²) in [6.07, 6.45) is 2.93. The van der Waals surface area contributed by atoms with E-state index in [1.807, 2.05) is 0 Å². The summed E-state index contributed by atoms with van der Waals surface area (Å²) in [7, 11) is 0. The molecule has 4 N–H and O–H groups in total. The number of hydrogen-bond acceptors (Lipinski definition) is 3. The first-order chi connectivity index (χ1) is 8.32. The maximum atomic E-state index is 11.9. The highest BCUT2D eigenvalue weighted by molar-refractivity contribution is 5.76. The predicted molar refractivity (Wildman–Crippen MR) is 75.2 cm³/mol. The van der Waals surface area contributed by atoms with Crippen molar-refractivity contribution in [2.75, 3.05) is 13.2 Å². The van der Waals surface area contributed by atoms with Crippen LogP contribution in [0.1, 0.15) is 53.4 Å².